The smallest absolute Gasteiger partial charge is 0.321 e. The van der Waals surface area contributed by atoms with E-state index in [1.165, 1.54) is 0 Å². The van der Waals surface area contributed by atoms with E-state index in [2.05, 4.69) is 10.6 Å². The van der Waals surface area contributed by atoms with Crippen LogP contribution in [0.5, 0.6) is 0 Å². The molecule has 0 aromatic rings. The first-order chi connectivity index (χ1) is 7.98. The van der Waals surface area contributed by atoms with Crippen LogP contribution in [0.15, 0.2) is 0 Å². The predicted molar refractivity (Wildman–Crippen MR) is 70.2 cm³/mol. The van der Waals surface area contributed by atoms with Gasteiger partial charge in [-0.05, 0) is 41.7 Å². The van der Waals surface area contributed by atoms with Gasteiger partial charge in [-0.15, -0.1) is 0 Å². The summed E-state index contributed by atoms with van der Waals surface area (Å²) in [5.41, 5.74) is -0.890. The minimum absolute atomic E-state index is 0.0467. The molecule has 0 aliphatic rings. The standard InChI is InChI=1S/C12H25N3O3/c1-11(2,3)14-10(18)13-9(17)7-15(6)12(4,5)8-16/h16H,7-8H2,1-6H3,(H2,13,14,17,18). The van der Waals surface area contributed by atoms with E-state index in [1.807, 2.05) is 34.6 Å². The van der Waals surface area contributed by atoms with Crippen molar-refractivity contribution in [2.75, 3.05) is 20.2 Å². The summed E-state index contributed by atoms with van der Waals surface area (Å²) >= 11 is 0. The van der Waals surface area contributed by atoms with Crippen LogP contribution in [-0.4, -0.2) is 53.2 Å². The molecule has 3 N–H and O–H groups in total. The number of aliphatic hydroxyl groups is 1. The Labute approximate surface area is 109 Å². The number of nitrogens with one attached hydrogen (secondary N) is 2. The van der Waals surface area contributed by atoms with Gasteiger partial charge in [-0.2, -0.15) is 0 Å². The summed E-state index contributed by atoms with van der Waals surface area (Å²) in [6.07, 6.45) is 0. The lowest BCUT2D eigenvalue weighted by Gasteiger charge is -2.33. The molecule has 0 fully saturated rings. The minimum atomic E-state index is -0.511. The fraction of sp³-hybridized carbons (Fsp3) is 0.833. The van der Waals surface area contributed by atoms with Crippen molar-refractivity contribution < 1.29 is 14.7 Å². The Morgan fingerprint density at radius 1 is 1.17 bits per heavy atom. The van der Waals surface area contributed by atoms with Crippen LogP contribution in [0.1, 0.15) is 34.6 Å². The molecule has 106 valence electrons. The Hall–Kier alpha value is -1.14. The number of hydrogen-bond acceptors (Lipinski definition) is 4. The minimum Gasteiger partial charge on any atom is -0.394 e. The first-order valence-electron chi connectivity index (χ1n) is 5.92. The second-order valence-corrected chi connectivity index (χ2v) is 6.08. The van der Waals surface area contributed by atoms with E-state index >= 15 is 0 Å². The largest absolute Gasteiger partial charge is 0.394 e. The van der Waals surface area contributed by atoms with E-state index in [-0.39, 0.29) is 18.7 Å². The van der Waals surface area contributed by atoms with Crippen molar-refractivity contribution in [2.45, 2.75) is 45.7 Å². The monoisotopic (exact) mass is 259 g/mol. The van der Waals surface area contributed by atoms with Gasteiger partial charge in [-0.1, -0.05) is 0 Å². The molecule has 0 saturated heterocycles. The molecule has 0 spiro atoms. The van der Waals surface area contributed by atoms with Crippen molar-refractivity contribution in [1.82, 2.24) is 15.5 Å². The highest BCUT2D eigenvalue weighted by Gasteiger charge is 2.25. The Morgan fingerprint density at radius 2 is 1.67 bits per heavy atom. The maximum Gasteiger partial charge on any atom is 0.321 e. The molecule has 3 amide bonds. The topological polar surface area (TPSA) is 81.7 Å². The van der Waals surface area contributed by atoms with Gasteiger partial charge in [0.05, 0.1) is 13.2 Å². The lowest BCUT2D eigenvalue weighted by molar-refractivity contribution is -0.122. The zero-order chi connectivity index (χ0) is 14.6. The molecular weight excluding hydrogens is 234 g/mol. The number of hydrogen-bond donors (Lipinski definition) is 3. The Bertz CT molecular complexity index is 308. The predicted octanol–water partition coefficient (Wildman–Crippen LogP) is 0.313. The van der Waals surface area contributed by atoms with Crippen LogP contribution in [-0.2, 0) is 4.79 Å². The number of rotatable bonds is 4. The van der Waals surface area contributed by atoms with Gasteiger partial charge in [0.2, 0.25) is 5.91 Å². The molecule has 0 unspecified atom stereocenters. The molecular formula is C12H25N3O3. The Morgan fingerprint density at radius 3 is 2.06 bits per heavy atom. The highest BCUT2D eigenvalue weighted by molar-refractivity contribution is 5.95. The summed E-state index contributed by atoms with van der Waals surface area (Å²) in [6, 6.07) is -0.511. The normalized spacial score (nSPS) is 12.4. The van der Waals surface area contributed by atoms with E-state index in [1.54, 1.807) is 11.9 Å². The number of carbonyl (C=O) groups is 2. The third-order valence-corrected chi connectivity index (χ3v) is 2.54. The van der Waals surface area contributed by atoms with Crippen LogP contribution in [0.25, 0.3) is 0 Å². The molecule has 0 aliphatic carbocycles. The summed E-state index contributed by atoms with van der Waals surface area (Å²) in [7, 11) is 1.72. The molecule has 0 saturated carbocycles. The zero-order valence-electron chi connectivity index (χ0n) is 12.1. The maximum absolute atomic E-state index is 11.6. The summed E-state index contributed by atoms with van der Waals surface area (Å²) in [5, 5.41) is 14.0. The van der Waals surface area contributed by atoms with Crippen LogP contribution in [0.4, 0.5) is 4.79 Å². The van der Waals surface area contributed by atoms with E-state index in [9.17, 15) is 9.59 Å². The lowest BCUT2D eigenvalue weighted by Crippen LogP contribution is -2.53. The average Bonchev–Trinajstić information content (AvgIpc) is 2.13. The van der Waals surface area contributed by atoms with Crippen molar-refractivity contribution >= 4 is 11.9 Å². The first kappa shape index (κ1) is 16.9. The van der Waals surface area contributed by atoms with Crippen molar-refractivity contribution in [2.24, 2.45) is 0 Å². The van der Waals surface area contributed by atoms with E-state index in [0.29, 0.717) is 0 Å². The zero-order valence-corrected chi connectivity index (χ0v) is 12.1. The first-order valence-corrected chi connectivity index (χ1v) is 5.92. The Kier molecular flexibility index (Phi) is 5.76. The van der Waals surface area contributed by atoms with Gasteiger partial charge in [0, 0.05) is 11.1 Å². The van der Waals surface area contributed by atoms with Gasteiger partial charge in [-0.25, -0.2) is 4.79 Å². The fourth-order valence-electron chi connectivity index (χ4n) is 1.09. The van der Waals surface area contributed by atoms with Gasteiger partial charge in [0.15, 0.2) is 0 Å². The van der Waals surface area contributed by atoms with Gasteiger partial charge < -0.3 is 10.4 Å². The highest BCUT2D eigenvalue weighted by Crippen LogP contribution is 2.09. The molecule has 0 bridgehead atoms. The molecule has 6 nitrogen and oxygen atoms in total. The molecule has 0 aliphatic heterocycles. The number of urea groups is 1. The molecule has 0 radical (unpaired) electrons. The molecule has 6 heteroatoms. The van der Waals surface area contributed by atoms with Gasteiger partial charge in [-0.3, -0.25) is 15.0 Å². The second kappa shape index (κ2) is 6.15. The van der Waals surface area contributed by atoms with Gasteiger partial charge in [0.1, 0.15) is 0 Å². The maximum atomic E-state index is 11.6. The van der Waals surface area contributed by atoms with Crippen molar-refractivity contribution in [1.29, 1.82) is 0 Å². The summed E-state index contributed by atoms with van der Waals surface area (Å²) in [5.74, 6) is -0.402. The van der Waals surface area contributed by atoms with Gasteiger partial charge >= 0.3 is 6.03 Å². The number of aliphatic hydroxyl groups excluding tert-OH is 1. The van der Waals surface area contributed by atoms with Crippen LogP contribution < -0.4 is 10.6 Å². The summed E-state index contributed by atoms with van der Waals surface area (Å²) in [6.45, 7) is 9.11. The number of likely N-dealkylation sites (N-methyl/N-ethyl adjacent to an activating group) is 1. The number of carbonyl (C=O) groups excluding carboxylic acids is 2. The van der Waals surface area contributed by atoms with Crippen LogP contribution in [0.2, 0.25) is 0 Å². The van der Waals surface area contributed by atoms with Crippen molar-refractivity contribution in [3.63, 3.8) is 0 Å². The molecule has 18 heavy (non-hydrogen) atoms. The third kappa shape index (κ3) is 6.56. The fourth-order valence-corrected chi connectivity index (χ4v) is 1.09. The molecule has 0 aromatic carbocycles. The summed E-state index contributed by atoms with van der Waals surface area (Å²) < 4.78 is 0. The quantitative estimate of drug-likeness (QED) is 0.679. The third-order valence-electron chi connectivity index (χ3n) is 2.54. The van der Waals surface area contributed by atoms with Crippen LogP contribution in [0.3, 0.4) is 0 Å². The average molecular weight is 259 g/mol. The van der Waals surface area contributed by atoms with Crippen molar-refractivity contribution in [3.05, 3.63) is 0 Å². The number of nitrogens with zero attached hydrogens (tertiary/aromatic N) is 1. The summed E-state index contributed by atoms with van der Waals surface area (Å²) in [4.78, 5) is 24.8. The van der Waals surface area contributed by atoms with E-state index < -0.39 is 17.5 Å². The number of imide groups is 1. The molecule has 0 heterocycles. The van der Waals surface area contributed by atoms with Crippen LogP contribution >= 0.6 is 0 Å². The van der Waals surface area contributed by atoms with Gasteiger partial charge in [0.25, 0.3) is 0 Å². The Balaban J connectivity index is 4.25. The second-order valence-electron chi connectivity index (χ2n) is 6.08. The van der Waals surface area contributed by atoms with E-state index in [0.717, 1.165) is 0 Å². The molecule has 0 atom stereocenters. The van der Waals surface area contributed by atoms with E-state index in [4.69, 9.17) is 5.11 Å². The number of amides is 3. The molecule has 0 aromatic heterocycles. The molecule has 0 rings (SSSR count). The lowest BCUT2D eigenvalue weighted by atomic mass is 10.1. The van der Waals surface area contributed by atoms with Crippen LogP contribution in [0, 0.1) is 0 Å². The van der Waals surface area contributed by atoms with Crippen molar-refractivity contribution in [3.8, 4) is 0 Å². The highest BCUT2D eigenvalue weighted by atomic mass is 16.3. The SMILES string of the molecule is CN(CC(=O)NC(=O)NC(C)(C)C)C(C)(C)CO.